The maximum atomic E-state index is 10.8. The number of likely N-dealkylation sites (N-methyl/N-ethyl adjacent to an activating group) is 2. The van der Waals surface area contributed by atoms with E-state index in [-0.39, 0.29) is 24.2 Å². The van der Waals surface area contributed by atoms with Crippen LogP contribution in [-0.2, 0) is 9.59 Å². The molecule has 0 radical (unpaired) electrons. The number of carbonyl (C=O) groups is 2. The van der Waals surface area contributed by atoms with Gasteiger partial charge in [0.2, 0.25) is 11.8 Å². The van der Waals surface area contributed by atoms with Crippen LogP contribution in [0.5, 0.6) is 0 Å². The van der Waals surface area contributed by atoms with Gasteiger partial charge in [0.1, 0.15) is 5.88 Å². The van der Waals surface area contributed by atoms with Crippen molar-refractivity contribution in [3.05, 3.63) is 0 Å². The third kappa shape index (κ3) is 3.83. The van der Waals surface area contributed by atoms with E-state index in [0.717, 1.165) is 0 Å². The van der Waals surface area contributed by atoms with Gasteiger partial charge in [-0.1, -0.05) is 0 Å². The van der Waals surface area contributed by atoms with Crippen molar-refractivity contribution in [3.8, 4) is 0 Å². The number of rotatable bonds is 3. The molecule has 0 aromatic carbocycles. The molecular weight excluding hydrogens is 168 g/mol. The fourth-order valence-electron chi connectivity index (χ4n) is 0.485. The van der Waals surface area contributed by atoms with Gasteiger partial charge in [-0.15, -0.1) is 11.6 Å². The van der Waals surface area contributed by atoms with E-state index in [1.54, 1.807) is 0 Å². The summed E-state index contributed by atoms with van der Waals surface area (Å²) in [6.45, 7) is 0.0576. The second-order valence-electron chi connectivity index (χ2n) is 2.06. The second kappa shape index (κ2) is 4.96. The third-order valence-corrected chi connectivity index (χ3v) is 1.43. The lowest BCUT2D eigenvalue weighted by Gasteiger charge is -2.13. The van der Waals surface area contributed by atoms with Crippen LogP contribution in [0, 0.1) is 0 Å². The fraction of sp³-hybridized carbons (Fsp3) is 0.667. The smallest absolute Gasteiger partial charge is 0.239 e. The first kappa shape index (κ1) is 10.2. The number of hydrogen-bond donors (Lipinski definition) is 1. The predicted molar refractivity (Wildman–Crippen MR) is 42.4 cm³/mol. The Kier molecular flexibility index (Phi) is 4.61. The molecule has 11 heavy (non-hydrogen) atoms. The summed E-state index contributed by atoms with van der Waals surface area (Å²) >= 11 is 5.25. The monoisotopic (exact) mass is 178 g/mol. The maximum absolute atomic E-state index is 10.8. The zero-order chi connectivity index (χ0) is 8.85. The summed E-state index contributed by atoms with van der Waals surface area (Å²) in [5.74, 6) is -0.547. The van der Waals surface area contributed by atoms with Crippen molar-refractivity contribution < 1.29 is 9.59 Å². The van der Waals surface area contributed by atoms with E-state index in [1.165, 1.54) is 19.0 Å². The SMILES string of the molecule is CNC(=O)CN(C)C(=O)CCl. The first-order valence-corrected chi connectivity index (χ1v) is 3.65. The van der Waals surface area contributed by atoms with Crippen LogP contribution in [0.1, 0.15) is 0 Å². The molecule has 0 unspecified atom stereocenters. The molecule has 5 heteroatoms. The lowest BCUT2D eigenvalue weighted by atomic mass is 10.5. The highest BCUT2D eigenvalue weighted by Crippen LogP contribution is 1.86. The topological polar surface area (TPSA) is 49.4 Å². The zero-order valence-electron chi connectivity index (χ0n) is 6.56. The minimum atomic E-state index is -0.254. The van der Waals surface area contributed by atoms with E-state index >= 15 is 0 Å². The van der Waals surface area contributed by atoms with E-state index in [0.29, 0.717) is 0 Å². The van der Waals surface area contributed by atoms with Crippen molar-refractivity contribution in [2.24, 2.45) is 0 Å². The summed E-state index contributed by atoms with van der Waals surface area (Å²) in [5.41, 5.74) is 0. The molecule has 0 spiro atoms. The average Bonchev–Trinajstić information content (AvgIpc) is 2.02. The summed E-state index contributed by atoms with van der Waals surface area (Å²) in [6.07, 6.45) is 0. The second-order valence-corrected chi connectivity index (χ2v) is 2.32. The van der Waals surface area contributed by atoms with Gasteiger partial charge < -0.3 is 10.2 Å². The Bertz CT molecular complexity index is 161. The highest BCUT2D eigenvalue weighted by molar-refractivity contribution is 6.27. The molecule has 2 amide bonds. The van der Waals surface area contributed by atoms with Crippen molar-refractivity contribution in [2.45, 2.75) is 0 Å². The summed E-state index contributed by atoms with van der Waals surface area (Å²) in [6, 6.07) is 0. The Balaban J connectivity index is 3.77. The van der Waals surface area contributed by atoms with Crippen LogP contribution in [-0.4, -0.2) is 43.2 Å². The van der Waals surface area contributed by atoms with Crippen LogP contribution >= 0.6 is 11.6 Å². The molecular formula is C6H11ClN2O2. The first-order valence-electron chi connectivity index (χ1n) is 3.12. The molecule has 0 rings (SSSR count). The summed E-state index contributed by atoms with van der Waals surface area (Å²) in [7, 11) is 3.04. The molecule has 1 N–H and O–H groups in total. The molecule has 0 heterocycles. The van der Waals surface area contributed by atoms with Gasteiger partial charge in [-0.05, 0) is 0 Å². The Hall–Kier alpha value is -0.770. The van der Waals surface area contributed by atoms with E-state index in [2.05, 4.69) is 5.32 Å². The average molecular weight is 179 g/mol. The number of hydrogen-bond acceptors (Lipinski definition) is 2. The standard InChI is InChI=1S/C6H11ClN2O2/c1-8-5(10)4-9(2)6(11)3-7/h3-4H2,1-2H3,(H,8,10). The normalized spacial score (nSPS) is 9.00. The third-order valence-electron chi connectivity index (χ3n) is 1.20. The van der Waals surface area contributed by atoms with Crippen LogP contribution in [0.2, 0.25) is 0 Å². The van der Waals surface area contributed by atoms with Crippen molar-refractivity contribution in [1.82, 2.24) is 10.2 Å². The van der Waals surface area contributed by atoms with Crippen LogP contribution in [0.15, 0.2) is 0 Å². The van der Waals surface area contributed by atoms with Crippen molar-refractivity contribution in [3.63, 3.8) is 0 Å². The Morgan fingerprint density at radius 3 is 2.45 bits per heavy atom. The van der Waals surface area contributed by atoms with Gasteiger partial charge in [0.15, 0.2) is 0 Å². The first-order chi connectivity index (χ1) is 5.11. The molecule has 64 valence electrons. The van der Waals surface area contributed by atoms with E-state index in [4.69, 9.17) is 11.6 Å². The molecule has 0 aliphatic rings. The van der Waals surface area contributed by atoms with Crippen molar-refractivity contribution in [2.75, 3.05) is 26.5 Å². The molecule has 0 aliphatic carbocycles. The maximum Gasteiger partial charge on any atom is 0.239 e. The summed E-state index contributed by atoms with van der Waals surface area (Å²) in [4.78, 5) is 22.7. The van der Waals surface area contributed by atoms with Gasteiger partial charge in [0.25, 0.3) is 0 Å². The predicted octanol–water partition coefficient (Wildman–Crippen LogP) is -0.570. The quantitative estimate of drug-likeness (QED) is 0.589. The van der Waals surface area contributed by atoms with E-state index < -0.39 is 0 Å². The van der Waals surface area contributed by atoms with E-state index in [9.17, 15) is 9.59 Å². The molecule has 0 aliphatic heterocycles. The number of nitrogens with one attached hydrogen (secondary N) is 1. The molecule has 0 saturated heterocycles. The minimum Gasteiger partial charge on any atom is -0.358 e. The Morgan fingerprint density at radius 2 is 2.09 bits per heavy atom. The zero-order valence-corrected chi connectivity index (χ0v) is 7.31. The largest absolute Gasteiger partial charge is 0.358 e. The van der Waals surface area contributed by atoms with Crippen molar-refractivity contribution in [1.29, 1.82) is 0 Å². The van der Waals surface area contributed by atoms with Gasteiger partial charge in [-0.3, -0.25) is 9.59 Å². The molecule has 4 nitrogen and oxygen atoms in total. The van der Waals surface area contributed by atoms with Crippen molar-refractivity contribution >= 4 is 23.4 Å². The number of nitrogens with zero attached hydrogens (tertiary/aromatic N) is 1. The summed E-state index contributed by atoms with van der Waals surface area (Å²) in [5, 5.41) is 2.40. The number of carbonyl (C=O) groups excluding carboxylic acids is 2. The number of halogens is 1. The Labute approximate surface area is 70.5 Å². The molecule has 0 atom stereocenters. The minimum absolute atomic E-state index is 0.0576. The molecule has 0 aromatic rings. The highest BCUT2D eigenvalue weighted by Gasteiger charge is 2.09. The number of alkyl halides is 1. The fourth-order valence-corrected chi connectivity index (χ4v) is 0.689. The van der Waals surface area contributed by atoms with Gasteiger partial charge in [0, 0.05) is 14.1 Å². The molecule has 0 bridgehead atoms. The van der Waals surface area contributed by atoms with Crippen LogP contribution in [0.25, 0.3) is 0 Å². The van der Waals surface area contributed by atoms with Crippen LogP contribution in [0.3, 0.4) is 0 Å². The van der Waals surface area contributed by atoms with Crippen LogP contribution < -0.4 is 5.32 Å². The Morgan fingerprint density at radius 1 is 1.55 bits per heavy atom. The lowest BCUT2D eigenvalue weighted by molar-refractivity contribution is -0.132. The van der Waals surface area contributed by atoms with Gasteiger partial charge >= 0.3 is 0 Å². The van der Waals surface area contributed by atoms with Gasteiger partial charge in [0.05, 0.1) is 6.54 Å². The lowest BCUT2D eigenvalue weighted by Crippen LogP contribution is -2.37. The van der Waals surface area contributed by atoms with Gasteiger partial charge in [-0.2, -0.15) is 0 Å². The van der Waals surface area contributed by atoms with Crippen LogP contribution in [0.4, 0.5) is 0 Å². The van der Waals surface area contributed by atoms with Gasteiger partial charge in [-0.25, -0.2) is 0 Å². The number of amides is 2. The molecule has 0 aromatic heterocycles. The molecule has 0 saturated carbocycles. The highest BCUT2D eigenvalue weighted by atomic mass is 35.5. The molecule has 0 fully saturated rings. The van der Waals surface area contributed by atoms with E-state index in [1.807, 2.05) is 0 Å². The summed E-state index contributed by atoms with van der Waals surface area (Å²) < 4.78 is 0.